The second kappa shape index (κ2) is 8.95. The van der Waals surface area contributed by atoms with Crippen molar-refractivity contribution in [1.82, 2.24) is 0 Å². The number of benzene rings is 2. The van der Waals surface area contributed by atoms with Crippen LogP contribution in [0.4, 0.5) is 0 Å². The Morgan fingerprint density at radius 1 is 0.920 bits per heavy atom. The molecule has 1 atom stereocenters. The molecule has 134 valence electrons. The third-order valence-corrected chi connectivity index (χ3v) is 4.83. The molecular formula is C17H18O7S. The topological polar surface area (TPSA) is 129 Å². The number of rotatable bonds is 5. The summed E-state index contributed by atoms with van der Waals surface area (Å²) in [5.74, 6) is -2.48. The van der Waals surface area contributed by atoms with Crippen LogP contribution in [-0.4, -0.2) is 47.5 Å². The molecule has 25 heavy (non-hydrogen) atoms. The van der Waals surface area contributed by atoms with Crippen molar-refractivity contribution in [2.75, 3.05) is 5.75 Å². The number of hydrogen-bond acceptors (Lipinski definition) is 5. The minimum absolute atomic E-state index is 0.0186. The minimum atomic E-state index is -3.31. The summed E-state index contributed by atoms with van der Waals surface area (Å²) in [6, 6.07) is 13.3. The van der Waals surface area contributed by atoms with Crippen molar-refractivity contribution >= 4 is 21.8 Å². The fraction of sp³-hybridized carbons (Fsp3) is 0.176. The summed E-state index contributed by atoms with van der Waals surface area (Å²) in [5.41, 5.74) is -0.0372. The van der Waals surface area contributed by atoms with Gasteiger partial charge in [-0.3, -0.25) is 0 Å². The number of carboxylic acids is 2. The summed E-state index contributed by atoms with van der Waals surface area (Å²) >= 11 is 0. The molecule has 0 spiro atoms. The third-order valence-electron chi connectivity index (χ3n) is 2.92. The molecule has 8 heteroatoms. The lowest BCUT2D eigenvalue weighted by Gasteiger charge is -2.05. The molecule has 2 aromatic rings. The molecule has 0 saturated carbocycles. The molecule has 3 N–H and O–H groups in total. The number of aliphatic hydroxyl groups excluding tert-OH is 1. The zero-order valence-electron chi connectivity index (χ0n) is 13.4. The van der Waals surface area contributed by atoms with Crippen molar-refractivity contribution < 1.29 is 33.3 Å². The van der Waals surface area contributed by atoms with Crippen molar-refractivity contribution in [2.45, 2.75) is 17.9 Å². The number of carboxylic acid groups (broad SMARTS) is 2. The summed E-state index contributed by atoms with van der Waals surface area (Å²) in [7, 11) is -3.31. The zero-order chi connectivity index (χ0) is 19.0. The van der Waals surface area contributed by atoms with Gasteiger partial charge >= 0.3 is 11.9 Å². The van der Waals surface area contributed by atoms with Gasteiger partial charge in [-0.2, -0.15) is 0 Å². The van der Waals surface area contributed by atoms with E-state index in [1.807, 2.05) is 0 Å². The maximum atomic E-state index is 11.5. The van der Waals surface area contributed by atoms with E-state index in [1.54, 1.807) is 18.2 Å². The molecule has 2 aromatic carbocycles. The standard InChI is InChI=1S/C9H12O3S.C8H6O4/c1-8(10)7-13(11,12)9-5-3-2-4-6-9;9-7(10)5-2-1-3-6(4-5)8(11)12/h2-6,8,10H,7H2,1H3;1-4H,(H,9,10)(H,11,12). The molecule has 0 radical (unpaired) electrons. The Morgan fingerprint density at radius 2 is 1.40 bits per heavy atom. The maximum absolute atomic E-state index is 11.5. The highest BCUT2D eigenvalue weighted by Gasteiger charge is 2.16. The van der Waals surface area contributed by atoms with Gasteiger partial charge in [0.15, 0.2) is 9.84 Å². The zero-order valence-corrected chi connectivity index (χ0v) is 14.2. The molecule has 7 nitrogen and oxygen atoms in total. The first-order chi connectivity index (χ1) is 11.6. The van der Waals surface area contributed by atoms with E-state index >= 15 is 0 Å². The van der Waals surface area contributed by atoms with E-state index in [4.69, 9.17) is 15.3 Å². The van der Waals surface area contributed by atoms with Crippen LogP contribution in [0.5, 0.6) is 0 Å². The molecule has 0 amide bonds. The first-order valence-corrected chi connectivity index (χ1v) is 8.81. The Kier molecular flexibility index (Phi) is 7.28. The number of hydrogen-bond donors (Lipinski definition) is 3. The van der Waals surface area contributed by atoms with E-state index in [0.29, 0.717) is 0 Å². The van der Waals surface area contributed by atoms with Gasteiger partial charge in [0.2, 0.25) is 0 Å². The maximum Gasteiger partial charge on any atom is 0.335 e. The van der Waals surface area contributed by atoms with Crippen LogP contribution in [0.15, 0.2) is 59.5 Å². The van der Waals surface area contributed by atoms with E-state index in [-0.39, 0.29) is 21.8 Å². The van der Waals surface area contributed by atoms with Crippen LogP contribution in [0.1, 0.15) is 27.6 Å². The first-order valence-electron chi connectivity index (χ1n) is 7.16. The van der Waals surface area contributed by atoms with E-state index in [9.17, 15) is 18.0 Å². The van der Waals surface area contributed by atoms with Gasteiger partial charge in [0.1, 0.15) is 0 Å². The number of aromatic carboxylic acids is 2. The largest absolute Gasteiger partial charge is 0.478 e. The van der Waals surface area contributed by atoms with E-state index < -0.39 is 27.9 Å². The lowest BCUT2D eigenvalue weighted by Crippen LogP contribution is -2.17. The molecule has 0 aliphatic rings. The van der Waals surface area contributed by atoms with Gasteiger partial charge in [-0.15, -0.1) is 0 Å². The quantitative estimate of drug-likeness (QED) is 0.737. The molecule has 0 heterocycles. The van der Waals surface area contributed by atoms with Crippen LogP contribution in [0.25, 0.3) is 0 Å². The van der Waals surface area contributed by atoms with E-state index in [0.717, 1.165) is 6.07 Å². The van der Waals surface area contributed by atoms with Gasteiger partial charge in [-0.1, -0.05) is 24.3 Å². The molecular weight excluding hydrogens is 348 g/mol. The molecule has 0 saturated heterocycles. The Bertz CT molecular complexity index is 798. The van der Waals surface area contributed by atoms with Crippen LogP contribution in [0.2, 0.25) is 0 Å². The summed E-state index contributed by atoms with van der Waals surface area (Å²) in [6.07, 6.45) is -0.829. The highest BCUT2D eigenvalue weighted by molar-refractivity contribution is 7.91. The normalized spacial score (nSPS) is 11.8. The van der Waals surface area contributed by atoms with Crippen molar-refractivity contribution in [3.63, 3.8) is 0 Å². The highest BCUT2D eigenvalue weighted by atomic mass is 32.2. The second-order valence-corrected chi connectivity index (χ2v) is 7.17. The van der Waals surface area contributed by atoms with Crippen LogP contribution >= 0.6 is 0 Å². The fourth-order valence-corrected chi connectivity index (χ4v) is 3.23. The van der Waals surface area contributed by atoms with E-state index in [1.165, 1.54) is 37.3 Å². The SMILES string of the molecule is CC(O)CS(=O)(=O)c1ccccc1.O=C(O)c1cccc(C(=O)O)c1. The Balaban J connectivity index is 0.000000251. The van der Waals surface area contributed by atoms with Crippen molar-refractivity contribution in [2.24, 2.45) is 0 Å². The van der Waals surface area contributed by atoms with Crippen molar-refractivity contribution in [1.29, 1.82) is 0 Å². The predicted octanol–water partition coefficient (Wildman–Crippen LogP) is 1.92. The number of carbonyl (C=O) groups is 2. The monoisotopic (exact) mass is 366 g/mol. The van der Waals surface area contributed by atoms with Gasteiger partial charge in [0.25, 0.3) is 0 Å². The minimum Gasteiger partial charge on any atom is -0.478 e. The first kappa shape index (κ1) is 20.3. The van der Waals surface area contributed by atoms with Gasteiger partial charge in [-0.05, 0) is 37.3 Å². The summed E-state index contributed by atoms with van der Waals surface area (Å²) in [4.78, 5) is 21.0. The van der Waals surface area contributed by atoms with Crippen LogP contribution in [0, 0.1) is 0 Å². The average Bonchev–Trinajstić information content (AvgIpc) is 2.55. The van der Waals surface area contributed by atoms with Crippen molar-refractivity contribution in [3.05, 3.63) is 65.7 Å². The van der Waals surface area contributed by atoms with E-state index in [2.05, 4.69) is 0 Å². The molecule has 1 unspecified atom stereocenters. The van der Waals surface area contributed by atoms with Gasteiger partial charge in [0.05, 0.1) is 27.9 Å². The molecule has 2 rings (SSSR count). The second-order valence-electron chi connectivity index (χ2n) is 5.13. The third kappa shape index (κ3) is 6.74. The Hall–Kier alpha value is -2.71. The average molecular weight is 366 g/mol. The summed E-state index contributed by atoms with van der Waals surface area (Å²) in [6.45, 7) is 1.46. The number of sulfone groups is 1. The van der Waals surface area contributed by atoms with Crippen molar-refractivity contribution in [3.8, 4) is 0 Å². The Morgan fingerprint density at radius 3 is 1.80 bits per heavy atom. The molecule has 0 fully saturated rings. The predicted molar refractivity (Wildman–Crippen MR) is 90.5 cm³/mol. The highest BCUT2D eigenvalue weighted by Crippen LogP contribution is 2.10. The summed E-state index contributed by atoms with van der Waals surface area (Å²) < 4.78 is 23.0. The lowest BCUT2D eigenvalue weighted by molar-refractivity contribution is 0.0696. The van der Waals surface area contributed by atoms with Crippen LogP contribution in [-0.2, 0) is 9.84 Å². The molecule has 0 bridgehead atoms. The smallest absolute Gasteiger partial charge is 0.335 e. The summed E-state index contributed by atoms with van der Waals surface area (Å²) in [5, 5.41) is 26.0. The molecule has 0 aliphatic heterocycles. The van der Waals surface area contributed by atoms with Crippen LogP contribution < -0.4 is 0 Å². The lowest BCUT2D eigenvalue weighted by atomic mass is 10.1. The van der Waals surface area contributed by atoms with Crippen LogP contribution in [0.3, 0.4) is 0 Å². The van der Waals surface area contributed by atoms with Gasteiger partial charge in [-0.25, -0.2) is 18.0 Å². The Labute approximate surface area is 145 Å². The molecule has 0 aliphatic carbocycles. The van der Waals surface area contributed by atoms with Gasteiger partial charge < -0.3 is 15.3 Å². The molecule has 0 aromatic heterocycles. The fourth-order valence-electron chi connectivity index (χ4n) is 1.83. The number of aliphatic hydroxyl groups is 1. The van der Waals surface area contributed by atoms with Gasteiger partial charge in [0, 0.05) is 0 Å².